The van der Waals surface area contributed by atoms with E-state index in [1.54, 1.807) is 0 Å². The minimum atomic E-state index is -0.416. The molecule has 4 heteroatoms. The second-order valence-corrected chi connectivity index (χ2v) is 6.14. The maximum atomic E-state index is 12.5. The summed E-state index contributed by atoms with van der Waals surface area (Å²) in [6.07, 6.45) is 2.15. The predicted molar refractivity (Wildman–Crippen MR) is 90.2 cm³/mol. The average molecular weight is 315 g/mol. The van der Waals surface area contributed by atoms with Gasteiger partial charge in [-0.1, -0.05) is 48.0 Å². The molecule has 0 radical (unpaired) electrons. The summed E-state index contributed by atoms with van der Waals surface area (Å²) in [5.74, 6) is 0.00500. The van der Waals surface area contributed by atoms with Gasteiger partial charge in [-0.3, -0.25) is 4.79 Å². The second kappa shape index (κ2) is 6.41. The third-order valence-electron chi connectivity index (χ3n) is 3.80. The van der Waals surface area contributed by atoms with Gasteiger partial charge in [0.2, 0.25) is 5.91 Å². The minimum Gasteiger partial charge on any atom is -0.370 e. The van der Waals surface area contributed by atoms with Gasteiger partial charge in [-0.25, -0.2) is 0 Å². The predicted octanol–water partition coefficient (Wildman–Crippen LogP) is 4.08. The number of halogens is 1. The van der Waals surface area contributed by atoms with E-state index in [9.17, 15) is 4.79 Å². The first-order valence-electron chi connectivity index (χ1n) is 7.51. The van der Waals surface area contributed by atoms with Crippen molar-refractivity contribution in [3.8, 4) is 0 Å². The van der Waals surface area contributed by atoms with Gasteiger partial charge in [-0.15, -0.1) is 0 Å². The van der Waals surface area contributed by atoms with Crippen molar-refractivity contribution in [3.05, 3.63) is 64.7 Å². The van der Waals surface area contributed by atoms with Crippen molar-refractivity contribution in [3.63, 3.8) is 0 Å². The molecule has 2 N–H and O–H groups in total. The van der Waals surface area contributed by atoms with E-state index in [4.69, 9.17) is 11.6 Å². The van der Waals surface area contributed by atoms with Crippen molar-refractivity contribution in [1.29, 1.82) is 0 Å². The van der Waals surface area contributed by atoms with E-state index >= 15 is 0 Å². The SMILES string of the molecule is Cc1ccc(N[C@@H](C(=O)NC2CC2)c2ccccc2)cc1Cl. The van der Waals surface area contributed by atoms with Gasteiger partial charge in [-0.2, -0.15) is 0 Å². The summed E-state index contributed by atoms with van der Waals surface area (Å²) >= 11 is 6.18. The summed E-state index contributed by atoms with van der Waals surface area (Å²) in [5.41, 5.74) is 2.80. The van der Waals surface area contributed by atoms with Crippen LogP contribution in [0.4, 0.5) is 5.69 Å². The molecule has 1 fully saturated rings. The average Bonchev–Trinajstić information content (AvgIpc) is 3.33. The van der Waals surface area contributed by atoms with Crippen LogP contribution >= 0.6 is 11.6 Å². The molecule has 0 heterocycles. The van der Waals surface area contributed by atoms with Gasteiger partial charge in [0.25, 0.3) is 0 Å². The number of anilines is 1. The molecule has 0 saturated heterocycles. The van der Waals surface area contributed by atoms with Gasteiger partial charge in [0, 0.05) is 16.8 Å². The zero-order valence-electron chi connectivity index (χ0n) is 12.5. The van der Waals surface area contributed by atoms with Crippen LogP contribution in [0.1, 0.15) is 30.0 Å². The quantitative estimate of drug-likeness (QED) is 0.873. The van der Waals surface area contributed by atoms with Crippen molar-refractivity contribution in [2.45, 2.75) is 31.8 Å². The van der Waals surface area contributed by atoms with Crippen molar-refractivity contribution in [1.82, 2.24) is 5.32 Å². The third kappa shape index (κ3) is 3.60. The third-order valence-corrected chi connectivity index (χ3v) is 4.21. The molecule has 0 unspecified atom stereocenters. The van der Waals surface area contributed by atoms with E-state index in [2.05, 4.69) is 10.6 Å². The molecular weight excluding hydrogens is 296 g/mol. The van der Waals surface area contributed by atoms with E-state index in [1.807, 2.05) is 55.5 Å². The molecule has 1 aliphatic rings. The molecule has 3 nitrogen and oxygen atoms in total. The molecule has 2 aromatic rings. The molecule has 114 valence electrons. The molecule has 1 aliphatic carbocycles. The summed E-state index contributed by atoms with van der Waals surface area (Å²) < 4.78 is 0. The van der Waals surface area contributed by atoms with Crippen LogP contribution in [0.2, 0.25) is 5.02 Å². The number of carbonyl (C=O) groups is 1. The zero-order valence-corrected chi connectivity index (χ0v) is 13.2. The lowest BCUT2D eigenvalue weighted by molar-refractivity contribution is -0.122. The molecule has 2 aromatic carbocycles. The number of rotatable bonds is 5. The van der Waals surface area contributed by atoms with Gasteiger partial charge in [0.1, 0.15) is 6.04 Å². The molecule has 0 aliphatic heterocycles. The second-order valence-electron chi connectivity index (χ2n) is 5.73. The maximum absolute atomic E-state index is 12.5. The van der Waals surface area contributed by atoms with E-state index in [0.29, 0.717) is 11.1 Å². The molecule has 3 rings (SSSR count). The number of aryl methyl sites for hydroxylation is 1. The van der Waals surface area contributed by atoms with E-state index in [1.165, 1.54) is 0 Å². The smallest absolute Gasteiger partial charge is 0.247 e. The van der Waals surface area contributed by atoms with Crippen LogP contribution in [0.3, 0.4) is 0 Å². The first-order valence-corrected chi connectivity index (χ1v) is 7.89. The van der Waals surface area contributed by atoms with Crippen LogP contribution in [0.25, 0.3) is 0 Å². The van der Waals surface area contributed by atoms with E-state index < -0.39 is 6.04 Å². The van der Waals surface area contributed by atoms with Gasteiger partial charge < -0.3 is 10.6 Å². The lowest BCUT2D eigenvalue weighted by atomic mass is 10.1. The lowest BCUT2D eigenvalue weighted by Crippen LogP contribution is -2.34. The number of hydrogen-bond acceptors (Lipinski definition) is 2. The highest BCUT2D eigenvalue weighted by atomic mass is 35.5. The van der Waals surface area contributed by atoms with Crippen LogP contribution in [0, 0.1) is 6.92 Å². The van der Waals surface area contributed by atoms with Crippen LogP contribution < -0.4 is 10.6 Å². The zero-order chi connectivity index (χ0) is 15.5. The van der Waals surface area contributed by atoms with E-state index in [-0.39, 0.29) is 5.91 Å². The Hall–Kier alpha value is -2.00. The normalized spacial score (nSPS) is 15.2. The molecule has 0 aromatic heterocycles. The summed E-state index contributed by atoms with van der Waals surface area (Å²) in [4.78, 5) is 12.5. The standard InChI is InChI=1S/C18H19ClN2O/c1-12-7-8-15(11-16(12)19)20-17(13-5-3-2-4-6-13)18(22)21-14-9-10-14/h2-8,11,14,17,20H,9-10H2,1H3,(H,21,22)/t17-/m1/s1. The first kappa shape index (κ1) is 14.9. The monoisotopic (exact) mass is 314 g/mol. The van der Waals surface area contributed by atoms with Crippen LogP contribution in [-0.4, -0.2) is 11.9 Å². The molecule has 1 atom stereocenters. The fraction of sp³-hybridized carbons (Fsp3) is 0.278. The lowest BCUT2D eigenvalue weighted by Gasteiger charge is -2.20. The van der Waals surface area contributed by atoms with Crippen molar-refractivity contribution >= 4 is 23.2 Å². The highest BCUT2D eigenvalue weighted by Gasteiger charge is 2.28. The summed E-state index contributed by atoms with van der Waals surface area (Å²) in [7, 11) is 0. The van der Waals surface area contributed by atoms with Gasteiger partial charge >= 0.3 is 0 Å². The number of carbonyl (C=O) groups excluding carboxylic acids is 1. The summed E-state index contributed by atoms with van der Waals surface area (Å²) in [6, 6.07) is 15.4. The first-order chi connectivity index (χ1) is 10.6. The molecular formula is C18H19ClN2O. The topological polar surface area (TPSA) is 41.1 Å². The Kier molecular flexibility index (Phi) is 4.34. The Balaban J connectivity index is 1.83. The molecule has 1 amide bonds. The highest BCUT2D eigenvalue weighted by Crippen LogP contribution is 2.26. The number of nitrogens with one attached hydrogen (secondary N) is 2. The van der Waals surface area contributed by atoms with Gasteiger partial charge in [0.05, 0.1) is 0 Å². The van der Waals surface area contributed by atoms with Crippen molar-refractivity contribution in [2.24, 2.45) is 0 Å². The Morgan fingerprint density at radius 2 is 1.91 bits per heavy atom. The Bertz CT molecular complexity index is 668. The van der Waals surface area contributed by atoms with Crippen LogP contribution in [0.5, 0.6) is 0 Å². The summed E-state index contributed by atoms with van der Waals surface area (Å²) in [5, 5.41) is 7.06. The fourth-order valence-electron chi connectivity index (χ4n) is 2.31. The van der Waals surface area contributed by atoms with Gasteiger partial charge in [0.15, 0.2) is 0 Å². The Labute approximate surface area is 135 Å². The number of amides is 1. The van der Waals surface area contributed by atoms with E-state index in [0.717, 1.165) is 29.7 Å². The van der Waals surface area contributed by atoms with Crippen LogP contribution in [-0.2, 0) is 4.79 Å². The van der Waals surface area contributed by atoms with Crippen molar-refractivity contribution in [2.75, 3.05) is 5.32 Å². The van der Waals surface area contributed by atoms with Crippen LogP contribution in [0.15, 0.2) is 48.5 Å². The minimum absolute atomic E-state index is 0.00500. The Morgan fingerprint density at radius 1 is 1.18 bits per heavy atom. The number of benzene rings is 2. The molecule has 0 bridgehead atoms. The fourth-order valence-corrected chi connectivity index (χ4v) is 2.49. The summed E-state index contributed by atoms with van der Waals surface area (Å²) in [6.45, 7) is 1.96. The highest BCUT2D eigenvalue weighted by molar-refractivity contribution is 6.31. The molecule has 22 heavy (non-hydrogen) atoms. The molecule has 1 saturated carbocycles. The largest absolute Gasteiger partial charge is 0.370 e. The number of hydrogen-bond donors (Lipinski definition) is 2. The maximum Gasteiger partial charge on any atom is 0.247 e. The molecule has 0 spiro atoms. The Morgan fingerprint density at radius 3 is 2.55 bits per heavy atom. The van der Waals surface area contributed by atoms with Gasteiger partial charge in [-0.05, 0) is 43.0 Å². The van der Waals surface area contributed by atoms with Crippen molar-refractivity contribution < 1.29 is 4.79 Å².